The summed E-state index contributed by atoms with van der Waals surface area (Å²) in [7, 11) is 0. The summed E-state index contributed by atoms with van der Waals surface area (Å²) < 4.78 is 5.53. The van der Waals surface area contributed by atoms with E-state index in [0.717, 1.165) is 50.9 Å². The van der Waals surface area contributed by atoms with Gasteiger partial charge in [-0.1, -0.05) is 30.3 Å². The Morgan fingerprint density at radius 3 is 2.41 bits per heavy atom. The minimum absolute atomic E-state index is 0.289. The Balaban J connectivity index is 1.82. The van der Waals surface area contributed by atoms with Gasteiger partial charge in [-0.05, 0) is 43.7 Å². The molecule has 2 heterocycles. The molecule has 2 fully saturated rings. The van der Waals surface area contributed by atoms with Crippen molar-refractivity contribution in [3.8, 4) is 0 Å². The zero-order chi connectivity index (χ0) is 15.4. The van der Waals surface area contributed by atoms with E-state index in [1.807, 2.05) is 18.2 Å². The number of benzene rings is 1. The highest BCUT2D eigenvalue weighted by atomic mass is 16.5. The van der Waals surface area contributed by atoms with E-state index in [2.05, 4.69) is 17.0 Å². The van der Waals surface area contributed by atoms with E-state index in [4.69, 9.17) is 10.5 Å². The quantitative estimate of drug-likeness (QED) is 0.928. The fourth-order valence-corrected chi connectivity index (χ4v) is 3.78. The summed E-state index contributed by atoms with van der Waals surface area (Å²) in [6.45, 7) is 3.76. The van der Waals surface area contributed by atoms with Gasteiger partial charge in [0.1, 0.15) is 0 Å². The number of nitrogens with two attached hydrogens (primary N) is 1. The lowest BCUT2D eigenvalue weighted by atomic mass is 9.72. The Kier molecular flexibility index (Phi) is 4.79. The topological polar surface area (TPSA) is 55.6 Å². The van der Waals surface area contributed by atoms with Crippen molar-refractivity contribution in [2.45, 2.75) is 31.1 Å². The molecule has 0 bridgehead atoms. The van der Waals surface area contributed by atoms with Gasteiger partial charge in [-0.2, -0.15) is 0 Å². The monoisotopic (exact) mass is 302 g/mol. The first kappa shape index (κ1) is 15.5. The Morgan fingerprint density at radius 1 is 1.18 bits per heavy atom. The minimum atomic E-state index is -0.394. The van der Waals surface area contributed by atoms with Gasteiger partial charge in [0.15, 0.2) is 0 Å². The van der Waals surface area contributed by atoms with Crippen molar-refractivity contribution in [2.24, 2.45) is 11.7 Å². The zero-order valence-corrected chi connectivity index (χ0v) is 13.2. The van der Waals surface area contributed by atoms with Crippen LogP contribution in [0.15, 0.2) is 30.3 Å². The molecule has 1 amide bonds. The summed E-state index contributed by atoms with van der Waals surface area (Å²) in [6, 6.07) is 10.3. The zero-order valence-electron chi connectivity index (χ0n) is 13.2. The summed E-state index contributed by atoms with van der Waals surface area (Å²) in [4.78, 5) is 15.4. The van der Waals surface area contributed by atoms with E-state index in [0.29, 0.717) is 19.1 Å². The van der Waals surface area contributed by atoms with E-state index < -0.39 is 5.41 Å². The molecule has 4 nitrogen and oxygen atoms in total. The lowest BCUT2D eigenvalue weighted by Crippen LogP contribution is -2.52. The van der Waals surface area contributed by atoms with Crippen LogP contribution in [0.25, 0.3) is 0 Å². The summed E-state index contributed by atoms with van der Waals surface area (Å²) in [6.07, 6.45) is 3.63. The minimum Gasteiger partial charge on any atom is -0.381 e. The van der Waals surface area contributed by atoms with Crippen molar-refractivity contribution in [1.29, 1.82) is 0 Å². The van der Waals surface area contributed by atoms with E-state index in [-0.39, 0.29) is 5.91 Å². The van der Waals surface area contributed by atoms with Gasteiger partial charge in [-0.3, -0.25) is 4.79 Å². The van der Waals surface area contributed by atoms with Gasteiger partial charge in [0.05, 0.1) is 5.41 Å². The maximum Gasteiger partial charge on any atom is 0.233 e. The van der Waals surface area contributed by atoms with Gasteiger partial charge >= 0.3 is 0 Å². The standard InChI is InChI=1S/C18H26N2O2/c19-14-15-6-10-20(11-7-15)17(21)18(8-12-22-13-9-18)16-4-2-1-3-5-16/h1-5,15H,6-14,19H2. The second kappa shape index (κ2) is 6.80. The number of hydrogen-bond donors (Lipinski definition) is 1. The third-order valence-corrected chi connectivity index (χ3v) is 5.32. The van der Waals surface area contributed by atoms with Crippen LogP contribution < -0.4 is 5.73 Å². The number of piperidine rings is 1. The molecule has 120 valence electrons. The van der Waals surface area contributed by atoms with Crippen LogP contribution in [-0.2, 0) is 14.9 Å². The van der Waals surface area contributed by atoms with E-state index in [1.165, 1.54) is 0 Å². The molecule has 4 heteroatoms. The number of ether oxygens (including phenoxy) is 1. The number of likely N-dealkylation sites (tertiary alicyclic amines) is 1. The van der Waals surface area contributed by atoms with Crippen LogP contribution in [0.4, 0.5) is 0 Å². The number of carbonyl (C=O) groups excluding carboxylic acids is 1. The summed E-state index contributed by atoms with van der Waals surface area (Å²) in [5.41, 5.74) is 6.51. The normalized spacial score (nSPS) is 22.5. The van der Waals surface area contributed by atoms with Crippen LogP contribution in [0, 0.1) is 5.92 Å². The molecule has 0 saturated carbocycles. The van der Waals surface area contributed by atoms with Crippen LogP contribution in [0.5, 0.6) is 0 Å². The molecule has 0 aromatic heterocycles. The maximum atomic E-state index is 13.3. The summed E-state index contributed by atoms with van der Waals surface area (Å²) in [5, 5.41) is 0. The maximum absolute atomic E-state index is 13.3. The Bertz CT molecular complexity index is 489. The Morgan fingerprint density at radius 2 is 1.82 bits per heavy atom. The number of carbonyl (C=O) groups is 1. The molecule has 1 aromatic rings. The van der Waals surface area contributed by atoms with Gasteiger partial charge in [0.2, 0.25) is 5.91 Å². The molecular formula is C18H26N2O2. The van der Waals surface area contributed by atoms with Gasteiger partial charge in [-0.25, -0.2) is 0 Å². The molecule has 1 aromatic carbocycles. The van der Waals surface area contributed by atoms with Crippen molar-refractivity contribution in [3.63, 3.8) is 0 Å². The van der Waals surface area contributed by atoms with Crippen LogP contribution >= 0.6 is 0 Å². The molecule has 2 aliphatic heterocycles. The Labute approximate surface area is 132 Å². The molecule has 0 unspecified atom stereocenters. The van der Waals surface area contributed by atoms with Crippen molar-refractivity contribution in [3.05, 3.63) is 35.9 Å². The largest absolute Gasteiger partial charge is 0.381 e. The average Bonchev–Trinajstić information content (AvgIpc) is 2.62. The van der Waals surface area contributed by atoms with Gasteiger partial charge in [0.25, 0.3) is 0 Å². The third kappa shape index (κ3) is 2.90. The second-order valence-corrected chi connectivity index (χ2v) is 6.53. The first-order valence-corrected chi connectivity index (χ1v) is 8.39. The van der Waals surface area contributed by atoms with E-state index in [1.54, 1.807) is 0 Å². The number of nitrogens with zero attached hydrogens (tertiary/aromatic N) is 1. The fraction of sp³-hybridized carbons (Fsp3) is 0.611. The lowest BCUT2D eigenvalue weighted by molar-refractivity contribution is -0.142. The van der Waals surface area contributed by atoms with Crippen molar-refractivity contribution >= 4 is 5.91 Å². The first-order chi connectivity index (χ1) is 10.8. The number of amides is 1. The smallest absolute Gasteiger partial charge is 0.233 e. The van der Waals surface area contributed by atoms with Gasteiger partial charge in [-0.15, -0.1) is 0 Å². The molecule has 0 atom stereocenters. The van der Waals surface area contributed by atoms with Gasteiger partial charge in [0, 0.05) is 26.3 Å². The molecule has 2 aliphatic rings. The number of rotatable bonds is 3. The summed E-state index contributed by atoms with van der Waals surface area (Å²) >= 11 is 0. The van der Waals surface area contributed by atoms with Crippen molar-refractivity contribution in [1.82, 2.24) is 4.90 Å². The predicted octanol–water partition coefficient (Wildman–Crippen LogP) is 1.93. The molecule has 3 rings (SSSR count). The third-order valence-electron chi connectivity index (χ3n) is 5.32. The predicted molar refractivity (Wildman–Crippen MR) is 86.5 cm³/mol. The molecule has 2 saturated heterocycles. The van der Waals surface area contributed by atoms with Crippen LogP contribution in [0.3, 0.4) is 0 Å². The van der Waals surface area contributed by atoms with Crippen molar-refractivity contribution < 1.29 is 9.53 Å². The molecular weight excluding hydrogens is 276 g/mol. The molecule has 22 heavy (non-hydrogen) atoms. The molecule has 0 radical (unpaired) electrons. The van der Waals surface area contributed by atoms with Crippen molar-refractivity contribution in [2.75, 3.05) is 32.8 Å². The Hall–Kier alpha value is -1.39. The fourth-order valence-electron chi connectivity index (χ4n) is 3.78. The van der Waals surface area contributed by atoms with Crippen LogP contribution in [-0.4, -0.2) is 43.7 Å². The van der Waals surface area contributed by atoms with Crippen LogP contribution in [0.1, 0.15) is 31.2 Å². The highest BCUT2D eigenvalue weighted by molar-refractivity contribution is 5.88. The molecule has 0 aliphatic carbocycles. The second-order valence-electron chi connectivity index (χ2n) is 6.53. The van der Waals surface area contributed by atoms with Crippen LogP contribution in [0.2, 0.25) is 0 Å². The van der Waals surface area contributed by atoms with Gasteiger partial charge < -0.3 is 15.4 Å². The first-order valence-electron chi connectivity index (χ1n) is 8.39. The molecule has 2 N–H and O–H groups in total. The highest BCUT2D eigenvalue weighted by Gasteiger charge is 2.44. The van der Waals surface area contributed by atoms with E-state index >= 15 is 0 Å². The average molecular weight is 302 g/mol. The number of hydrogen-bond acceptors (Lipinski definition) is 3. The van der Waals surface area contributed by atoms with E-state index in [9.17, 15) is 4.79 Å². The molecule has 0 spiro atoms. The SMILES string of the molecule is NCC1CCN(C(=O)C2(c3ccccc3)CCOCC2)CC1. The lowest BCUT2D eigenvalue weighted by Gasteiger charge is -2.42. The summed E-state index contributed by atoms with van der Waals surface area (Å²) in [5.74, 6) is 0.865. The highest BCUT2D eigenvalue weighted by Crippen LogP contribution is 2.37.